The van der Waals surface area contributed by atoms with Crippen molar-refractivity contribution >= 4 is 12.0 Å². The Hall–Kier alpha value is -1.30. The molecule has 2 unspecified atom stereocenters. The summed E-state index contributed by atoms with van der Waals surface area (Å²) in [5.74, 6) is -1.27. The van der Waals surface area contributed by atoms with Crippen molar-refractivity contribution in [3.05, 3.63) is 0 Å². The van der Waals surface area contributed by atoms with Gasteiger partial charge in [-0.3, -0.25) is 4.79 Å². The van der Waals surface area contributed by atoms with E-state index < -0.39 is 11.9 Å². The average Bonchev–Trinajstić information content (AvgIpc) is 2.67. The van der Waals surface area contributed by atoms with Crippen LogP contribution < -0.4 is 0 Å². The molecule has 1 N–H and O–H groups in total. The number of nitrogens with zero attached hydrogens (tertiary/aromatic N) is 2. The number of hydrogen-bond donors (Lipinski definition) is 1. The Morgan fingerprint density at radius 1 is 1.47 bits per heavy atom. The molecule has 1 rings (SSSR count). The minimum atomic E-state index is -0.827. The van der Waals surface area contributed by atoms with Gasteiger partial charge in [0.1, 0.15) is 0 Å². The first kappa shape index (κ1) is 13.8. The normalized spacial score (nSPS) is 23.8. The first-order chi connectivity index (χ1) is 7.97. The summed E-state index contributed by atoms with van der Waals surface area (Å²) in [6.07, 6.45) is 0. The van der Waals surface area contributed by atoms with Gasteiger partial charge >= 0.3 is 12.0 Å². The van der Waals surface area contributed by atoms with Gasteiger partial charge < -0.3 is 19.6 Å². The van der Waals surface area contributed by atoms with Crippen LogP contribution in [-0.2, 0) is 9.53 Å². The summed E-state index contributed by atoms with van der Waals surface area (Å²) >= 11 is 0. The number of ether oxygens (including phenoxy) is 1. The second-order valence-electron chi connectivity index (χ2n) is 4.52. The van der Waals surface area contributed by atoms with Crippen LogP contribution in [0.3, 0.4) is 0 Å². The molecule has 0 bridgehead atoms. The van der Waals surface area contributed by atoms with Gasteiger partial charge in [-0.2, -0.15) is 0 Å². The monoisotopic (exact) mass is 244 g/mol. The van der Waals surface area contributed by atoms with E-state index >= 15 is 0 Å². The molecule has 0 aliphatic carbocycles. The smallest absolute Gasteiger partial charge is 0.319 e. The summed E-state index contributed by atoms with van der Waals surface area (Å²) < 4.78 is 4.90. The van der Waals surface area contributed by atoms with E-state index in [1.807, 2.05) is 6.92 Å². The van der Waals surface area contributed by atoms with Gasteiger partial charge in [-0.1, -0.05) is 6.92 Å². The first-order valence-electron chi connectivity index (χ1n) is 5.69. The fraction of sp³-hybridized carbons (Fsp3) is 0.818. The molecule has 0 aromatic carbocycles. The average molecular weight is 244 g/mol. The second kappa shape index (κ2) is 5.86. The molecule has 0 aromatic heterocycles. The predicted molar refractivity (Wildman–Crippen MR) is 61.8 cm³/mol. The van der Waals surface area contributed by atoms with Crippen LogP contribution in [0.4, 0.5) is 4.79 Å². The molecule has 0 radical (unpaired) electrons. The van der Waals surface area contributed by atoms with E-state index in [-0.39, 0.29) is 11.9 Å². The summed E-state index contributed by atoms with van der Waals surface area (Å²) in [6.45, 7) is 3.66. The molecule has 0 aromatic rings. The van der Waals surface area contributed by atoms with Gasteiger partial charge in [-0.25, -0.2) is 4.79 Å². The van der Waals surface area contributed by atoms with Crippen molar-refractivity contribution in [2.75, 3.05) is 40.4 Å². The quantitative estimate of drug-likeness (QED) is 0.774. The van der Waals surface area contributed by atoms with E-state index in [0.717, 1.165) is 0 Å². The number of carbonyl (C=O) groups is 2. The molecule has 1 fully saturated rings. The van der Waals surface area contributed by atoms with Crippen LogP contribution >= 0.6 is 0 Å². The number of methoxy groups -OCH3 is 1. The summed E-state index contributed by atoms with van der Waals surface area (Å²) in [7, 11) is 3.27. The topological polar surface area (TPSA) is 70.1 Å². The number of likely N-dealkylation sites (tertiary alicyclic amines) is 1. The molecule has 0 spiro atoms. The maximum atomic E-state index is 12.0. The van der Waals surface area contributed by atoms with Crippen LogP contribution in [0.15, 0.2) is 0 Å². The van der Waals surface area contributed by atoms with Gasteiger partial charge in [0.2, 0.25) is 0 Å². The Bertz CT molecular complexity index is 295. The lowest BCUT2D eigenvalue weighted by molar-refractivity contribution is -0.142. The Kier molecular flexibility index (Phi) is 4.74. The molecular weight excluding hydrogens is 224 g/mol. The molecule has 1 aliphatic rings. The van der Waals surface area contributed by atoms with Gasteiger partial charge in [-0.05, 0) is 5.92 Å². The summed E-state index contributed by atoms with van der Waals surface area (Å²) in [6, 6.07) is -0.127. The van der Waals surface area contributed by atoms with E-state index in [4.69, 9.17) is 9.84 Å². The molecule has 2 amide bonds. The number of aliphatic carboxylic acids is 1. The standard InChI is InChI=1S/C11H20N2O4/c1-8-6-13(7-9(8)10(14)15)11(16)12(2)4-5-17-3/h8-9H,4-7H2,1-3H3,(H,14,15). The van der Waals surface area contributed by atoms with Gasteiger partial charge in [0.25, 0.3) is 0 Å². The maximum Gasteiger partial charge on any atom is 0.319 e. The van der Waals surface area contributed by atoms with E-state index in [1.165, 1.54) is 0 Å². The SMILES string of the molecule is COCCN(C)C(=O)N1CC(C)C(C(=O)O)C1. The Morgan fingerprint density at radius 2 is 2.12 bits per heavy atom. The molecule has 98 valence electrons. The molecular formula is C11H20N2O4. The number of amides is 2. The highest BCUT2D eigenvalue weighted by Gasteiger charge is 2.37. The van der Waals surface area contributed by atoms with Gasteiger partial charge in [-0.15, -0.1) is 0 Å². The number of urea groups is 1. The molecule has 17 heavy (non-hydrogen) atoms. The predicted octanol–water partition coefficient (Wildman–Crippen LogP) is 0.337. The second-order valence-corrected chi connectivity index (χ2v) is 4.52. The van der Waals surface area contributed by atoms with Crippen LogP contribution in [-0.4, -0.2) is 67.3 Å². The van der Waals surface area contributed by atoms with Crippen LogP contribution in [0.25, 0.3) is 0 Å². The lowest BCUT2D eigenvalue weighted by atomic mass is 9.99. The number of likely N-dealkylation sites (N-methyl/N-ethyl adjacent to an activating group) is 1. The number of carbonyl (C=O) groups excluding carboxylic acids is 1. The Balaban J connectivity index is 2.52. The fourth-order valence-corrected chi connectivity index (χ4v) is 2.01. The first-order valence-corrected chi connectivity index (χ1v) is 5.69. The van der Waals surface area contributed by atoms with Crippen LogP contribution in [0.1, 0.15) is 6.92 Å². The number of carboxylic acid groups (broad SMARTS) is 1. The molecule has 6 nitrogen and oxygen atoms in total. The van der Waals surface area contributed by atoms with Crippen molar-refractivity contribution in [3.8, 4) is 0 Å². The molecule has 1 aliphatic heterocycles. The molecule has 1 saturated heterocycles. The van der Waals surface area contributed by atoms with Gasteiger partial charge in [0.15, 0.2) is 0 Å². The van der Waals surface area contributed by atoms with Gasteiger partial charge in [0, 0.05) is 33.8 Å². The van der Waals surface area contributed by atoms with E-state index in [2.05, 4.69) is 0 Å². The Morgan fingerprint density at radius 3 is 2.59 bits per heavy atom. The fourth-order valence-electron chi connectivity index (χ4n) is 2.01. The Labute approximate surface area is 101 Å². The highest BCUT2D eigenvalue weighted by molar-refractivity contribution is 5.77. The van der Waals surface area contributed by atoms with Crippen molar-refractivity contribution in [1.29, 1.82) is 0 Å². The van der Waals surface area contributed by atoms with E-state index in [9.17, 15) is 9.59 Å². The van der Waals surface area contributed by atoms with Crippen molar-refractivity contribution in [2.24, 2.45) is 11.8 Å². The summed E-state index contributed by atoms with van der Waals surface area (Å²) in [5, 5.41) is 8.99. The third-order valence-corrected chi connectivity index (χ3v) is 3.16. The summed E-state index contributed by atoms with van der Waals surface area (Å²) in [5.41, 5.74) is 0. The van der Waals surface area contributed by atoms with Crippen molar-refractivity contribution in [1.82, 2.24) is 9.80 Å². The molecule has 1 heterocycles. The van der Waals surface area contributed by atoms with Gasteiger partial charge in [0.05, 0.1) is 12.5 Å². The highest BCUT2D eigenvalue weighted by Crippen LogP contribution is 2.23. The van der Waals surface area contributed by atoms with Crippen molar-refractivity contribution in [3.63, 3.8) is 0 Å². The van der Waals surface area contributed by atoms with E-state index in [1.54, 1.807) is 24.0 Å². The van der Waals surface area contributed by atoms with Crippen molar-refractivity contribution in [2.45, 2.75) is 6.92 Å². The zero-order chi connectivity index (χ0) is 13.0. The lowest BCUT2D eigenvalue weighted by Gasteiger charge is -2.24. The maximum absolute atomic E-state index is 12.0. The van der Waals surface area contributed by atoms with Crippen molar-refractivity contribution < 1.29 is 19.4 Å². The lowest BCUT2D eigenvalue weighted by Crippen LogP contribution is -2.41. The van der Waals surface area contributed by atoms with Crippen LogP contribution in [0.2, 0.25) is 0 Å². The number of hydrogen-bond acceptors (Lipinski definition) is 3. The minimum Gasteiger partial charge on any atom is -0.481 e. The number of carboxylic acids is 1. The minimum absolute atomic E-state index is 0.00674. The van der Waals surface area contributed by atoms with Crippen LogP contribution in [0.5, 0.6) is 0 Å². The highest BCUT2D eigenvalue weighted by atomic mass is 16.5. The third kappa shape index (κ3) is 3.33. The molecule has 6 heteroatoms. The molecule has 2 atom stereocenters. The van der Waals surface area contributed by atoms with E-state index in [0.29, 0.717) is 26.2 Å². The largest absolute Gasteiger partial charge is 0.481 e. The number of rotatable bonds is 4. The third-order valence-electron chi connectivity index (χ3n) is 3.16. The van der Waals surface area contributed by atoms with Crippen LogP contribution in [0, 0.1) is 11.8 Å². The molecule has 0 saturated carbocycles. The zero-order valence-electron chi connectivity index (χ0n) is 10.5. The zero-order valence-corrected chi connectivity index (χ0v) is 10.5. The summed E-state index contributed by atoms with van der Waals surface area (Å²) in [4.78, 5) is 26.1.